The van der Waals surface area contributed by atoms with Gasteiger partial charge in [0.25, 0.3) is 0 Å². The van der Waals surface area contributed by atoms with Crippen LogP contribution in [-0.4, -0.2) is 10.9 Å². The van der Waals surface area contributed by atoms with Crippen molar-refractivity contribution in [1.29, 1.82) is 0 Å². The number of nitrogen functional groups attached to an aromatic ring is 1. The van der Waals surface area contributed by atoms with Crippen LogP contribution in [-0.2, 0) is 0 Å². The molecule has 0 bridgehead atoms. The third kappa shape index (κ3) is 3.07. The lowest BCUT2D eigenvalue weighted by Gasteiger charge is -1.99. The van der Waals surface area contributed by atoms with Gasteiger partial charge in [-0.2, -0.15) is 0 Å². The zero-order valence-electron chi connectivity index (χ0n) is 7.63. The van der Waals surface area contributed by atoms with Crippen molar-refractivity contribution in [3.05, 3.63) is 29.5 Å². The van der Waals surface area contributed by atoms with Crippen LogP contribution < -0.4 is 5.73 Å². The summed E-state index contributed by atoms with van der Waals surface area (Å²) in [6.45, 7) is 1.99. The van der Waals surface area contributed by atoms with Crippen LogP contribution >= 0.6 is 11.6 Å². The van der Waals surface area contributed by atoms with E-state index in [-0.39, 0.29) is 0 Å². The second-order valence-electron chi connectivity index (χ2n) is 2.87. The summed E-state index contributed by atoms with van der Waals surface area (Å²) in [4.78, 5) is 4.05. The number of aromatic nitrogens is 1. The van der Waals surface area contributed by atoms with E-state index >= 15 is 0 Å². The van der Waals surface area contributed by atoms with Gasteiger partial charge in [0.05, 0.1) is 0 Å². The number of allylic oxidation sites excluding steroid dienone is 1. The molecule has 0 saturated carbocycles. The smallest absolute Gasteiger partial charge is 0.130 e. The first-order chi connectivity index (χ1) is 6.24. The average Bonchev–Trinajstić information content (AvgIpc) is 2.11. The van der Waals surface area contributed by atoms with Crippen LogP contribution in [0.25, 0.3) is 6.08 Å². The first-order valence-electron chi connectivity index (χ1n) is 4.18. The molecule has 3 heteroatoms. The Bertz CT molecular complexity index is 308. The Morgan fingerprint density at radius 1 is 1.62 bits per heavy atom. The SMILES string of the molecule is Cc1cnc(N)c(C=CCCCl)c1. The van der Waals surface area contributed by atoms with Crippen molar-refractivity contribution < 1.29 is 0 Å². The highest BCUT2D eigenvalue weighted by Gasteiger charge is 1.95. The van der Waals surface area contributed by atoms with Crippen molar-refractivity contribution in [2.24, 2.45) is 0 Å². The molecular formula is C10H13ClN2. The van der Waals surface area contributed by atoms with Crippen LogP contribution in [0, 0.1) is 6.92 Å². The van der Waals surface area contributed by atoms with Gasteiger partial charge in [0.15, 0.2) is 0 Å². The number of anilines is 1. The number of halogens is 1. The molecule has 0 aliphatic heterocycles. The second kappa shape index (κ2) is 4.87. The second-order valence-corrected chi connectivity index (χ2v) is 3.25. The molecule has 0 atom stereocenters. The van der Waals surface area contributed by atoms with Gasteiger partial charge in [-0.3, -0.25) is 0 Å². The topological polar surface area (TPSA) is 38.9 Å². The van der Waals surface area contributed by atoms with Crippen LogP contribution in [0.4, 0.5) is 5.82 Å². The Hall–Kier alpha value is -1.02. The van der Waals surface area contributed by atoms with Gasteiger partial charge in [-0.05, 0) is 25.0 Å². The van der Waals surface area contributed by atoms with E-state index in [9.17, 15) is 0 Å². The van der Waals surface area contributed by atoms with Gasteiger partial charge in [-0.1, -0.05) is 12.2 Å². The molecule has 13 heavy (non-hydrogen) atoms. The standard InChI is InChI=1S/C10H13ClN2/c1-8-6-9(4-2-3-5-11)10(12)13-7-8/h2,4,6-7H,3,5H2,1H3,(H2,12,13). The Morgan fingerprint density at radius 3 is 3.08 bits per heavy atom. The number of pyridine rings is 1. The number of hydrogen-bond acceptors (Lipinski definition) is 2. The first kappa shape index (κ1) is 10.1. The summed E-state index contributed by atoms with van der Waals surface area (Å²) >= 11 is 5.54. The Kier molecular flexibility index (Phi) is 3.77. The van der Waals surface area contributed by atoms with E-state index in [0.29, 0.717) is 11.7 Å². The van der Waals surface area contributed by atoms with Gasteiger partial charge in [0.2, 0.25) is 0 Å². The van der Waals surface area contributed by atoms with Crippen LogP contribution in [0.1, 0.15) is 17.5 Å². The van der Waals surface area contributed by atoms with Crippen LogP contribution in [0.2, 0.25) is 0 Å². The number of hydrogen-bond donors (Lipinski definition) is 1. The predicted octanol–water partition coefficient (Wildman–Crippen LogP) is 2.61. The molecule has 1 aromatic heterocycles. The fourth-order valence-electron chi connectivity index (χ4n) is 1.01. The predicted molar refractivity (Wildman–Crippen MR) is 57.8 cm³/mol. The van der Waals surface area contributed by atoms with Crippen molar-refractivity contribution in [2.75, 3.05) is 11.6 Å². The lowest BCUT2D eigenvalue weighted by atomic mass is 10.2. The van der Waals surface area contributed by atoms with E-state index in [4.69, 9.17) is 17.3 Å². The molecule has 0 radical (unpaired) electrons. The summed E-state index contributed by atoms with van der Waals surface area (Å²) < 4.78 is 0. The molecule has 0 fully saturated rings. The highest BCUT2D eigenvalue weighted by atomic mass is 35.5. The maximum atomic E-state index is 5.68. The summed E-state index contributed by atoms with van der Waals surface area (Å²) in [6.07, 6.45) is 6.57. The summed E-state index contributed by atoms with van der Waals surface area (Å²) in [5, 5.41) is 0. The highest BCUT2D eigenvalue weighted by Crippen LogP contribution is 2.12. The molecule has 0 aromatic carbocycles. The van der Waals surface area contributed by atoms with E-state index in [1.165, 1.54) is 0 Å². The summed E-state index contributed by atoms with van der Waals surface area (Å²) in [6, 6.07) is 2.01. The summed E-state index contributed by atoms with van der Waals surface area (Å²) in [7, 11) is 0. The van der Waals surface area contributed by atoms with Crippen LogP contribution in [0.3, 0.4) is 0 Å². The van der Waals surface area contributed by atoms with E-state index in [1.807, 2.05) is 25.1 Å². The molecule has 0 aliphatic rings. The van der Waals surface area contributed by atoms with E-state index in [0.717, 1.165) is 17.5 Å². The Balaban J connectivity index is 2.81. The molecular weight excluding hydrogens is 184 g/mol. The Morgan fingerprint density at radius 2 is 2.38 bits per heavy atom. The zero-order valence-corrected chi connectivity index (χ0v) is 8.38. The Labute approximate surface area is 83.4 Å². The van der Waals surface area contributed by atoms with Crippen molar-refractivity contribution in [1.82, 2.24) is 4.98 Å². The first-order valence-corrected chi connectivity index (χ1v) is 4.72. The molecule has 1 aromatic rings. The number of aryl methyl sites for hydroxylation is 1. The lowest BCUT2D eigenvalue weighted by Crippen LogP contribution is -1.93. The fourth-order valence-corrected chi connectivity index (χ4v) is 1.14. The number of nitrogens with zero attached hydrogens (tertiary/aromatic N) is 1. The van der Waals surface area contributed by atoms with Gasteiger partial charge in [-0.15, -0.1) is 11.6 Å². The number of rotatable bonds is 3. The maximum absolute atomic E-state index is 5.68. The largest absolute Gasteiger partial charge is 0.383 e. The van der Waals surface area contributed by atoms with Crippen molar-refractivity contribution in [3.8, 4) is 0 Å². The van der Waals surface area contributed by atoms with E-state index in [2.05, 4.69) is 4.98 Å². The zero-order chi connectivity index (χ0) is 9.68. The summed E-state index contributed by atoms with van der Waals surface area (Å²) in [5.41, 5.74) is 7.75. The van der Waals surface area contributed by atoms with Gasteiger partial charge < -0.3 is 5.73 Å². The van der Waals surface area contributed by atoms with Crippen molar-refractivity contribution in [2.45, 2.75) is 13.3 Å². The van der Waals surface area contributed by atoms with Crippen LogP contribution in [0.15, 0.2) is 18.3 Å². The third-order valence-electron chi connectivity index (χ3n) is 1.66. The minimum atomic E-state index is 0.566. The van der Waals surface area contributed by atoms with Crippen LogP contribution in [0.5, 0.6) is 0 Å². The van der Waals surface area contributed by atoms with Gasteiger partial charge in [0.1, 0.15) is 5.82 Å². The lowest BCUT2D eigenvalue weighted by molar-refractivity contribution is 1.23. The normalized spacial score (nSPS) is 10.9. The van der Waals surface area contributed by atoms with Crippen molar-refractivity contribution >= 4 is 23.5 Å². The summed E-state index contributed by atoms with van der Waals surface area (Å²) in [5.74, 6) is 1.20. The highest BCUT2D eigenvalue weighted by molar-refractivity contribution is 6.17. The number of nitrogens with two attached hydrogens (primary N) is 1. The molecule has 1 heterocycles. The molecule has 1 rings (SSSR count). The van der Waals surface area contributed by atoms with Gasteiger partial charge in [-0.25, -0.2) is 4.98 Å². The molecule has 2 N–H and O–H groups in total. The third-order valence-corrected chi connectivity index (χ3v) is 1.88. The molecule has 70 valence electrons. The van der Waals surface area contributed by atoms with Gasteiger partial charge >= 0.3 is 0 Å². The molecule has 2 nitrogen and oxygen atoms in total. The molecule has 0 spiro atoms. The molecule has 0 aliphatic carbocycles. The fraction of sp³-hybridized carbons (Fsp3) is 0.300. The van der Waals surface area contributed by atoms with E-state index < -0.39 is 0 Å². The minimum Gasteiger partial charge on any atom is -0.383 e. The van der Waals surface area contributed by atoms with Crippen molar-refractivity contribution in [3.63, 3.8) is 0 Å². The van der Waals surface area contributed by atoms with E-state index in [1.54, 1.807) is 6.20 Å². The monoisotopic (exact) mass is 196 g/mol. The molecule has 0 saturated heterocycles. The average molecular weight is 197 g/mol. The maximum Gasteiger partial charge on any atom is 0.130 e. The minimum absolute atomic E-state index is 0.566. The molecule has 0 amide bonds. The number of alkyl halides is 1. The van der Waals surface area contributed by atoms with Gasteiger partial charge in [0, 0.05) is 17.6 Å². The molecule has 0 unspecified atom stereocenters. The quantitative estimate of drug-likeness (QED) is 0.755.